The van der Waals surface area contributed by atoms with Crippen LogP contribution in [0.4, 0.5) is 0 Å². The van der Waals surface area contributed by atoms with E-state index < -0.39 is 0 Å². The lowest BCUT2D eigenvalue weighted by Crippen LogP contribution is -2.01. The molecular weight excluding hydrogens is 194 g/mol. The number of nitrogens with zero attached hydrogens (tertiary/aromatic N) is 1. The molecule has 0 aliphatic carbocycles. The summed E-state index contributed by atoms with van der Waals surface area (Å²) in [6, 6.07) is 6.26. The zero-order valence-corrected chi connectivity index (χ0v) is 10.4. The molecular formula is C15H19N. The minimum Gasteiger partial charge on any atom is -0.192 e. The van der Waals surface area contributed by atoms with Crippen molar-refractivity contribution in [2.45, 2.75) is 40.0 Å². The Morgan fingerprint density at radius 1 is 1.25 bits per heavy atom. The Kier molecular flexibility index (Phi) is 4.31. The molecule has 0 atom stereocenters. The summed E-state index contributed by atoms with van der Waals surface area (Å²) < 4.78 is 0. The number of hydrogen-bond donors (Lipinski definition) is 0. The summed E-state index contributed by atoms with van der Waals surface area (Å²) in [5.74, 6) is 0. The quantitative estimate of drug-likeness (QED) is 0.698. The third-order valence-corrected chi connectivity index (χ3v) is 2.80. The molecule has 0 radical (unpaired) electrons. The van der Waals surface area contributed by atoms with Gasteiger partial charge in [-0.1, -0.05) is 26.0 Å². The van der Waals surface area contributed by atoms with Gasteiger partial charge in [0, 0.05) is 0 Å². The van der Waals surface area contributed by atoms with Crippen LogP contribution in [0.3, 0.4) is 0 Å². The van der Waals surface area contributed by atoms with Gasteiger partial charge in [0.15, 0.2) is 0 Å². The average Bonchev–Trinajstić information content (AvgIpc) is 2.28. The predicted octanol–water partition coefficient (Wildman–Crippen LogP) is 3.80. The second-order valence-corrected chi connectivity index (χ2v) is 4.23. The van der Waals surface area contributed by atoms with Gasteiger partial charge in [0.05, 0.1) is 11.6 Å². The Morgan fingerprint density at radius 2 is 1.75 bits per heavy atom. The summed E-state index contributed by atoms with van der Waals surface area (Å²) in [5, 5.41) is 8.98. The van der Waals surface area contributed by atoms with Crippen LogP contribution in [-0.4, -0.2) is 0 Å². The van der Waals surface area contributed by atoms with Crippen LogP contribution in [-0.2, 0) is 19.3 Å². The molecule has 0 saturated carbocycles. The lowest BCUT2D eigenvalue weighted by Gasteiger charge is -2.13. The molecule has 0 aliphatic heterocycles. The normalized spacial score (nSPS) is 9.88. The number of aryl methyl sites for hydroxylation is 2. The molecule has 0 saturated heterocycles. The molecule has 16 heavy (non-hydrogen) atoms. The van der Waals surface area contributed by atoms with E-state index >= 15 is 0 Å². The van der Waals surface area contributed by atoms with E-state index in [-0.39, 0.29) is 0 Å². The number of nitriles is 1. The van der Waals surface area contributed by atoms with E-state index in [0.29, 0.717) is 0 Å². The fourth-order valence-electron chi connectivity index (χ4n) is 2.02. The van der Waals surface area contributed by atoms with Crippen LogP contribution in [0.15, 0.2) is 24.3 Å². The highest BCUT2D eigenvalue weighted by Gasteiger charge is 2.08. The third kappa shape index (κ3) is 2.73. The molecule has 84 valence electrons. The van der Waals surface area contributed by atoms with E-state index in [4.69, 9.17) is 5.26 Å². The minimum absolute atomic E-state index is 0.777. The number of rotatable bonds is 4. The van der Waals surface area contributed by atoms with Crippen molar-refractivity contribution in [1.29, 1.82) is 5.26 Å². The van der Waals surface area contributed by atoms with Crippen LogP contribution in [0, 0.1) is 11.3 Å². The molecule has 1 rings (SSSR count). The first kappa shape index (κ1) is 12.5. The standard InChI is InChI=1S/C15H19N/c1-5-13-8-12(10-16)9-14(6-2)15(13)7-11(3)4/h8-9H,3,5-7H2,1-2,4H3. The van der Waals surface area contributed by atoms with Gasteiger partial charge in [0.1, 0.15) is 0 Å². The van der Waals surface area contributed by atoms with Crippen LogP contribution in [0.1, 0.15) is 43.0 Å². The second kappa shape index (κ2) is 5.51. The summed E-state index contributed by atoms with van der Waals surface area (Å²) in [5.41, 5.74) is 5.91. The molecule has 0 aromatic heterocycles. The highest BCUT2D eigenvalue weighted by atomic mass is 14.2. The van der Waals surface area contributed by atoms with Crippen molar-refractivity contribution in [3.8, 4) is 6.07 Å². The summed E-state index contributed by atoms with van der Waals surface area (Å²) in [7, 11) is 0. The van der Waals surface area contributed by atoms with Gasteiger partial charge in [-0.15, -0.1) is 0 Å². The van der Waals surface area contributed by atoms with Crippen LogP contribution in [0.2, 0.25) is 0 Å². The molecule has 0 heterocycles. The van der Waals surface area contributed by atoms with Crippen molar-refractivity contribution >= 4 is 0 Å². The minimum atomic E-state index is 0.777. The SMILES string of the molecule is C=C(C)Cc1c(CC)cc(C#N)cc1CC. The molecule has 0 unspecified atom stereocenters. The molecule has 0 spiro atoms. The van der Waals surface area contributed by atoms with Crippen LogP contribution < -0.4 is 0 Å². The maximum absolute atomic E-state index is 8.98. The highest BCUT2D eigenvalue weighted by Crippen LogP contribution is 2.21. The Balaban J connectivity index is 3.32. The topological polar surface area (TPSA) is 23.8 Å². The van der Waals surface area contributed by atoms with Gasteiger partial charge in [0.25, 0.3) is 0 Å². The first-order valence-electron chi connectivity index (χ1n) is 5.81. The monoisotopic (exact) mass is 213 g/mol. The number of hydrogen-bond acceptors (Lipinski definition) is 1. The van der Waals surface area contributed by atoms with Gasteiger partial charge in [-0.05, 0) is 55.0 Å². The summed E-state index contributed by atoms with van der Waals surface area (Å²) in [6.45, 7) is 10.3. The molecule has 1 aromatic rings. The average molecular weight is 213 g/mol. The summed E-state index contributed by atoms with van der Waals surface area (Å²) in [6.07, 6.45) is 2.88. The maximum atomic E-state index is 8.98. The van der Waals surface area contributed by atoms with Crippen molar-refractivity contribution < 1.29 is 0 Å². The summed E-state index contributed by atoms with van der Waals surface area (Å²) >= 11 is 0. The molecule has 1 heteroatoms. The smallest absolute Gasteiger partial charge is 0.0991 e. The van der Waals surface area contributed by atoms with Crippen molar-refractivity contribution in [1.82, 2.24) is 0 Å². The van der Waals surface area contributed by atoms with Crippen LogP contribution in [0.5, 0.6) is 0 Å². The van der Waals surface area contributed by atoms with Crippen LogP contribution in [0.25, 0.3) is 0 Å². The van der Waals surface area contributed by atoms with Gasteiger partial charge in [-0.25, -0.2) is 0 Å². The van der Waals surface area contributed by atoms with Crippen molar-refractivity contribution in [2.24, 2.45) is 0 Å². The van der Waals surface area contributed by atoms with Gasteiger partial charge in [-0.3, -0.25) is 0 Å². The fraction of sp³-hybridized carbons (Fsp3) is 0.400. The van der Waals surface area contributed by atoms with Crippen molar-refractivity contribution in [3.63, 3.8) is 0 Å². The van der Waals surface area contributed by atoms with E-state index in [2.05, 4.69) is 33.4 Å². The molecule has 0 N–H and O–H groups in total. The van der Waals surface area contributed by atoms with Gasteiger partial charge >= 0.3 is 0 Å². The first-order chi connectivity index (χ1) is 7.62. The van der Waals surface area contributed by atoms with E-state index in [1.54, 1.807) is 0 Å². The zero-order valence-electron chi connectivity index (χ0n) is 10.4. The van der Waals surface area contributed by atoms with Crippen molar-refractivity contribution in [2.75, 3.05) is 0 Å². The van der Waals surface area contributed by atoms with E-state index in [0.717, 1.165) is 24.8 Å². The van der Waals surface area contributed by atoms with Gasteiger partial charge in [0.2, 0.25) is 0 Å². The Bertz CT molecular complexity index is 410. The Labute approximate surface area is 98.4 Å². The predicted molar refractivity (Wildman–Crippen MR) is 68.4 cm³/mol. The Hall–Kier alpha value is -1.55. The van der Waals surface area contributed by atoms with E-state index in [9.17, 15) is 0 Å². The molecule has 1 nitrogen and oxygen atoms in total. The lowest BCUT2D eigenvalue weighted by atomic mass is 9.91. The van der Waals surface area contributed by atoms with E-state index in [1.807, 2.05) is 12.1 Å². The van der Waals surface area contributed by atoms with Crippen molar-refractivity contribution in [3.05, 3.63) is 46.5 Å². The molecule has 0 aliphatic rings. The first-order valence-corrected chi connectivity index (χ1v) is 5.81. The third-order valence-electron chi connectivity index (χ3n) is 2.80. The molecule has 0 bridgehead atoms. The Morgan fingerprint density at radius 3 is 2.06 bits per heavy atom. The number of benzene rings is 1. The second-order valence-electron chi connectivity index (χ2n) is 4.23. The lowest BCUT2D eigenvalue weighted by molar-refractivity contribution is 0.989. The zero-order chi connectivity index (χ0) is 12.1. The molecule has 0 fully saturated rings. The van der Waals surface area contributed by atoms with Gasteiger partial charge in [-0.2, -0.15) is 5.26 Å². The largest absolute Gasteiger partial charge is 0.192 e. The summed E-state index contributed by atoms with van der Waals surface area (Å²) in [4.78, 5) is 0. The number of allylic oxidation sites excluding steroid dienone is 1. The highest BCUT2D eigenvalue weighted by molar-refractivity contribution is 5.45. The van der Waals surface area contributed by atoms with Crippen LogP contribution >= 0.6 is 0 Å². The molecule has 1 aromatic carbocycles. The maximum Gasteiger partial charge on any atom is 0.0991 e. The van der Waals surface area contributed by atoms with Gasteiger partial charge < -0.3 is 0 Å². The fourth-order valence-corrected chi connectivity index (χ4v) is 2.02. The van der Waals surface area contributed by atoms with E-state index in [1.165, 1.54) is 22.3 Å². The molecule has 0 amide bonds.